The molecule has 2 aromatic rings. The molecule has 0 saturated carbocycles. The average Bonchev–Trinajstić information content (AvgIpc) is 2.75. The van der Waals surface area contributed by atoms with Gasteiger partial charge in [-0.15, -0.1) is 0 Å². The van der Waals surface area contributed by atoms with Crippen LogP contribution in [0.1, 0.15) is 45.1 Å². The number of aryl methyl sites for hydroxylation is 1. The molecule has 0 saturated heterocycles. The van der Waals surface area contributed by atoms with Gasteiger partial charge in [-0.05, 0) is 36.6 Å². The molecule has 0 spiro atoms. The molecule has 1 aromatic carbocycles. The Balaban J connectivity index is 2.56. The number of rotatable bonds is 3. The Kier molecular flexibility index (Phi) is 3.93. The maximum Gasteiger partial charge on any atom is 0.138 e. The summed E-state index contributed by atoms with van der Waals surface area (Å²) in [4.78, 5) is 0. The summed E-state index contributed by atoms with van der Waals surface area (Å²) in [6.07, 6.45) is 0. The molecule has 0 amide bonds. The first-order valence-corrected chi connectivity index (χ1v) is 7.14. The Hall–Kier alpha value is -0.990. The van der Waals surface area contributed by atoms with Gasteiger partial charge in [-0.3, -0.25) is 0 Å². The molecule has 2 rings (SSSR count). The molecule has 0 aliphatic carbocycles. The lowest BCUT2D eigenvalue weighted by Gasteiger charge is -2.29. The molecule has 1 aromatic heterocycles. The van der Waals surface area contributed by atoms with Crippen LogP contribution in [0.2, 0.25) is 5.02 Å². The van der Waals surface area contributed by atoms with E-state index in [0.29, 0.717) is 0 Å². The molecular weight excluding hydrogens is 258 g/mol. The Bertz CT molecular complexity index is 541. The van der Waals surface area contributed by atoms with E-state index in [0.717, 1.165) is 33.9 Å². The Morgan fingerprint density at radius 1 is 1.32 bits per heavy atom. The van der Waals surface area contributed by atoms with Crippen LogP contribution in [0.3, 0.4) is 0 Å². The number of hydrogen-bond acceptors (Lipinski definition) is 2. The molecule has 2 nitrogen and oxygen atoms in total. The van der Waals surface area contributed by atoms with Gasteiger partial charge in [0.15, 0.2) is 0 Å². The fourth-order valence-electron chi connectivity index (χ4n) is 2.42. The van der Waals surface area contributed by atoms with Crippen LogP contribution in [0.4, 0.5) is 0 Å². The number of furan rings is 1. The van der Waals surface area contributed by atoms with Gasteiger partial charge in [0.25, 0.3) is 0 Å². The van der Waals surface area contributed by atoms with Crippen molar-refractivity contribution < 1.29 is 4.42 Å². The molecule has 0 aliphatic rings. The summed E-state index contributed by atoms with van der Waals surface area (Å²) < 4.78 is 6.07. The zero-order valence-corrected chi connectivity index (χ0v) is 13.1. The van der Waals surface area contributed by atoms with Gasteiger partial charge in [-0.1, -0.05) is 45.4 Å². The molecule has 104 valence electrons. The van der Waals surface area contributed by atoms with Crippen LogP contribution in [0.25, 0.3) is 11.0 Å². The lowest BCUT2D eigenvalue weighted by molar-refractivity contribution is 0.244. The first kappa shape index (κ1) is 14.4. The third-order valence-corrected chi connectivity index (χ3v) is 3.73. The molecule has 1 unspecified atom stereocenters. The summed E-state index contributed by atoms with van der Waals surface area (Å²) in [6, 6.07) is 6.18. The van der Waals surface area contributed by atoms with Crippen LogP contribution in [0, 0.1) is 12.3 Å². The molecule has 1 atom stereocenters. The second-order valence-corrected chi connectivity index (χ2v) is 6.52. The molecular formula is C16H22ClNO. The minimum absolute atomic E-state index is 0.0876. The van der Waals surface area contributed by atoms with Crippen molar-refractivity contribution in [3.05, 3.63) is 34.5 Å². The maximum absolute atomic E-state index is 6.26. The van der Waals surface area contributed by atoms with Crippen LogP contribution in [0.15, 0.2) is 22.6 Å². The van der Waals surface area contributed by atoms with E-state index in [2.05, 4.69) is 39.1 Å². The van der Waals surface area contributed by atoms with Crippen molar-refractivity contribution >= 4 is 22.6 Å². The summed E-state index contributed by atoms with van der Waals surface area (Å²) in [7, 11) is 0. The molecule has 1 N–H and O–H groups in total. The van der Waals surface area contributed by atoms with Crippen molar-refractivity contribution in [2.24, 2.45) is 5.41 Å². The van der Waals surface area contributed by atoms with Crippen LogP contribution >= 0.6 is 11.6 Å². The van der Waals surface area contributed by atoms with Gasteiger partial charge in [0.05, 0.1) is 11.1 Å². The standard InChI is InChI=1S/C16H22ClNO/c1-6-18-15(16(3,4)5)13-9-11-12(17)8-7-10(2)14(11)19-13/h7-9,15,18H,6H2,1-5H3. The molecule has 0 aliphatic heterocycles. The van der Waals surface area contributed by atoms with E-state index in [1.165, 1.54) is 0 Å². The Morgan fingerprint density at radius 3 is 2.53 bits per heavy atom. The fourth-order valence-corrected chi connectivity index (χ4v) is 2.63. The normalized spacial score (nSPS) is 14.0. The molecule has 3 heteroatoms. The fraction of sp³-hybridized carbons (Fsp3) is 0.500. The zero-order valence-electron chi connectivity index (χ0n) is 12.3. The van der Waals surface area contributed by atoms with Crippen molar-refractivity contribution in [2.75, 3.05) is 6.54 Å². The number of halogens is 1. The van der Waals surface area contributed by atoms with Gasteiger partial charge in [0.2, 0.25) is 0 Å². The van der Waals surface area contributed by atoms with Crippen molar-refractivity contribution in [3.63, 3.8) is 0 Å². The highest BCUT2D eigenvalue weighted by Gasteiger charge is 2.28. The molecule has 0 bridgehead atoms. The van der Waals surface area contributed by atoms with Crippen LogP contribution in [-0.2, 0) is 0 Å². The third kappa shape index (κ3) is 2.80. The minimum Gasteiger partial charge on any atom is -0.459 e. The highest BCUT2D eigenvalue weighted by Crippen LogP contribution is 2.38. The lowest BCUT2D eigenvalue weighted by atomic mass is 9.85. The van der Waals surface area contributed by atoms with E-state index >= 15 is 0 Å². The van der Waals surface area contributed by atoms with Gasteiger partial charge < -0.3 is 9.73 Å². The van der Waals surface area contributed by atoms with Gasteiger partial charge >= 0.3 is 0 Å². The van der Waals surface area contributed by atoms with E-state index < -0.39 is 0 Å². The van der Waals surface area contributed by atoms with Gasteiger partial charge in [0, 0.05) is 5.39 Å². The molecule has 1 heterocycles. The van der Waals surface area contributed by atoms with Crippen molar-refractivity contribution in [1.82, 2.24) is 5.32 Å². The van der Waals surface area contributed by atoms with Gasteiger partial charge in [-0.25, -0.2) is 0 Å². The van der Waals surface area contributed by atoms with Crippen LogP contribution < -0.4 is 5.32 Å². The van der Waals surface area contributed by atoms with E-state index in [9.17, 15) is 0 Å². The van der Waals surface area contributed by atoms with Crippen LogP contribution in [-0.4, -0.2) is 6.54 Å². The zero-order chi connectivity index (χ0) is 14.2. The number of hydrogen-bond donors (Lipinski definition) is 1. The van der Waals surface area contributed by atoms with Crippen molar-refractivity contribution in [2.45, 2.75) is 40.7 Å². The number of benzene rings is 1. The average molecular weight is 280 g/mol. The van der Waals surface area contributed by atoms with Gasteiger partial charge in [0.1, 0.15) is 11.3 Å². The van der Waals surface area contributed by atoms with E-state index in [4.69, 9.17) is 16.0 Å². The molecule has 19 heavy (non-hydrogen) atoms. The third-order valence-electron chi connectivity index (χ3n) is 3.41. The largest absolute Gasteiger partial charge is 0.459 e. The quantitative estimate of drug-likeness (QED) is 0.846. The predicted molar refractivity (Wildman–Crippen MR) is 81.8 cm³/mol. The highest BCUT2D eigenvalue weighted by molar-refractivity contribution is 6.35. The first-order chi connectivity index (χ1) is 8.84. The highest BCUT2D eigenvalue weighted by atomic mass is 35.5. The summed E-state index contributed by atoms with van der Waals surface area (Å²) in [6.45, 7) is 11.7. The van der Waals surface area contributed by atoms with Gasteiger partial charge in [-0.2, -0.15) is 0 Å². The summed E-state index contributed by atoms with van der Waals surface area (Å²) in [5, 5.41) is 5.26. The molecule has 0 fully saturated rings. The maximum atomic E-state index is 6.26. The number of fused-ring (bicyclic) bond motifs is 1. The Labute approximate surface area is 120 Å². The minimum atomic E-state index is 0.0876. The predicted octanol–water partition coefficient (Wildman–Crippen LogP) is 5.09. The SMILES string of the molecule is CCNC(c1cc2c(Cl)ccc(C)c2o1)C(C)(C)C. The van der Waals surface area contributed by atoms with Crippen LogP contribution in [0.5, 0.6) is 0 Å². The number of nitrogens with one attached hydrogen (secondary N) is 1. The smallest absolute Gasteiger partial charge is 0.138 e. The monoisotopic (exact) mass is 279 g/mol. The summed E-state index contributed by atoms with van der Waals surface area (Å²) >= 11 is 6.26. The second-order valence-electron chi connectivity index (χ2n) is 6.11. The summed E-state index contributed by atoms with van der Waals surface area (Å²) in [5.41, 5.74) is 2.11. The van der Waals surface area contributed by atoms with E-state index in [-0.39, 0.29) is 11.5 Å². The molecule has 0 radical (unpaired) electrons. The first-order valence-electron chi connectivity index (χ1n) is 6.76. The topological polar surface area (TPSA) is 25.2 Å². The second kappa shape index (κ2) is 5.18. The van der Waals surface area contributed by atoms with Crippen molar-refractivity contribution in [1.29, 1.82) is 0 Å². The Morgan fingerprint density at radius 2 is 2.00 bits per heavy atom. The summed E-state index contributed by atoms with van der Waals surface area (Å²) in [5.74, 6) is 0.959. The lowest BCUT2D eigenvalue weighted by Crippen LogP contribution is -2.31. The van der Waals surface area contributed by atoms with E-state index in [1.807, 2.05) is 19.1 Å². The van der Waals surface area contributed by atoms with E-state index in [1.54, 1.807) is 0 Å². The van der Waals surface area contributed by atoms with Crippen molar-refractivity contribution in [3.8, 4) is 0 Å².